The monoisotopic (exact) mass is 274 g/mol. The summed E-state index contributed by atoms with van der Waals surface area (Å²) in [7, 11) is 0. The van der Waals surface area contributed by atoms with E-state index in [1.165, 1.54) is 31.4 Å². The van der Waals surface area contributed by atoms with Crippen LogP contribution in [0.2, 0.25) is 0 Å². The van der Waals surface area contributed by atoms with Gasteiger partial charge < -0.3 is 10.2 Å². The van der Waals surface area contributed by atoms with Crippen molar-refractivity contribution in [2.45, 2.75) is 51.5 Å². The van der Waals surface area contributed by atoms with Gasteiger partial charge >= 0.3 is 0 Å². The lowest BCUT2D eigenvalue weighted by atomic mass is 9.72. The van der Waals surface area contributed by atoms with Crippen LogP contribution in [0.1, 0.15) is 45.6 Å². The fourth-order valence-electron chi connectivity index (χ4n) is 3.46. The highest BCUT2D eigenvalue weighted by Gasteiger charge is 2.35. The van der Waals surface area contributed by atoms with Gasteiger partial charge in [0.15, 0.2) is 0 Å². The van der Waals surface area contributed by atoms with Crippen molar-refractivity contribution in [3.63, 3.8) is 0 Å². The normalized spacial score (nSPS) is 20.0. The van der Waals surface area contributed by atoms with Gasteiger partial charge in [0, 0.05) is 18.0 Å². The lowest BCUT2D eigenvalue weighted by Gasteiger charge is -2.43. The molecule has 0 spiro atoms. The summed E-state index contributed by atoms with van der Waals surface area (Å²) in [5.41, 5.74) is 1.87. The van der Waals surface area contributed by atoms with Crippen LogP contribution < -0.4 is 5.32 Å². The second-order valence-electron chi connectivity index (χ2n) is 6.22. The third-order valence-corrected chi connectivity index (χ3v) is 5.07. The maximum absolute atomic E-state index is 3.53. The molecule has 1 fully saturated rings. The summed E-state index contributed by atoms with van der Waals surface area (Å²) in [6, 6.07) is 11.9. The van der Waals surface area contributed by atoms with Gasteiger partial charge in [0.2, 0.25) is 0 Å². The number of hydrogen-bond donors (Lipinski definition) is 1. The van der Waals surface area contributed by atoms with E-state index in [0.717, 1.165) is 19.6 Å². The maximum Gasteiger partial charge on any atom is 0.0104 e. The first-order valence-electron chi connectivity index (χ1n) is 8.22. The number of hydrogen-bond acceptors (Lipinski definition) is 2. The van der Waals surface area contributed by atoms with Gasteiger partial charge in [0.1, 0.15) is 0 Å². The van der Waals surface area contributed by atoms with Gasteiger partial charge in [-0.3, -0.25) is 0 Å². The van der Waals surface area contributed by atoms with Gasteiger partial charge in [-0.15, -0.1) is 0 Å². The highest BCUT2D eigenvalue weighted by Crippen LogP contribution is 2.35. The van der Waals surface area contributed by atoms with Gasteiger partial charge in [0.25, 0.3) is 0 Å². The van der Waals surface area contributed by atoms with E-state index < -0.39 is 0 Å². The van der Waals surface area contributed by atoms with Crippen LogP contribution in [0.5, 0.6) is 0 Å². The Balaban J connectivity index is 2.23. The lowest BCUT2D eigenvalue weighted by molar-refractivity contribution is 0.140. The van der Waals surface area contributed by atoms with Crippen LogP contribution in [0.25, 0.3) is 0 Å². The Labute approximate surface area is 124 Å². The van der Waals surface area contributed by atoms with Crippen molar-refractivity contribution in [2.75, 3.05) is 26.2 Å². The van der Waals surface area contributed by atoms with Crippen molar-refractivity contribution in [3.05, 3.63) is 35.9 Å². The zero-order valence-electron chi connectivity index (χ0n) is 13.4. The van der Waals surface area contributed by atoms with Crippen LogP contribution in [0.15, 0.2) is 30.3 Å². The van der Waals surface area contributed by atoms with Crippen LogP contribution in [-0.4, -0.2) is 37.1 Å². The van der Waals surface area contributed by atoms with Crippen LogP contribution >= 0.6 is 0 Å². The predicted molar refractivity (Wildman–Crippen MR) is 87.2 cm³/mol. The summed E-state index contributed by atoms with van der Waals surface area (Å²) in [4.78, 5) is 2.66. The number of nitrogens with zero attached hydrogens (tertiary/aromatic N) is 1. The number of benzene rings is 1. The largest absolute Gasteiger partial charge is 0.317 e. The Bertz CT molecular complexity index is 382. The SMILES string of the molecule is CCC(C)N(CC)CC1(c2ccccc2)CCNCC1. The van der Waals surface area contributed by atoms with E-state index in [1.54, 1.807) is 0 Å². The second-order valence-corrected chi connectivity index (χ2v) is 6.22. The number of rotatable bonds is 6. The van der Waals surface area contributed by atoms with E-state index in [9.17, 15) is 0 Å². The summed E-state index contributed by atoms with van der Waals surface area (Å²) in [6.45, 7) is 11.6. The van der Waals surface area contributed by atoms with Gasteiger partial charge in [-0.25, -0.2) is 0 Å². The molecule has 20 heavy (non-hydrogen) atoms. The molecule has 2 rings (SSSR count). The summed E-state index contributed by atoms with van der Waals surface area (Å²) < 4.78 is 0. The van der Waals surface area contributed by atoms with Gasteiger partial charge in [-0.1, -0.05) is 44.2 Å². The first-order valence-corrected chi connectivity index (χ1v) is 8.22. The molecule has 1 atom stereocenters. The smallest absolute Gasteiger partial charge is 0.0104 e. The van der Waals surface area contributed by atoms with E-state index in [1.807, 2.05) is 0 Å². The van der Waals surface area contributed by atoms with Crippen molar-refractivity contribution in [3.8, 4) is 0 Å². The minimum atomic E-state index is 0.339. The van der Waals surface area contributed by atoms with Gasteiger partial charge in [-0.05, 0) is 51.4 Å². The fourth-order valence-corrected chi connectivity index (χ4v) is 3.46. The average Bonchev–Trinajstić information content (AvgIpc) is 2.53. The average molecular weight is 274 g/mol. The van der Waals surface area contributed by atoms with Crippen molar-refractivity contribution in [1.29, 1.82) is 0 Å². The van der Waals surface area contributed by atoms with E-state index >= 15 is 0 Å². The second kappa shape index (κ2) is 7.24. The standard InChI is InChI=1S/C18H30N2/c1-4-16(3)20(5-2)15-18(11-13-19-14-12-18)17-9-7-6-8-10-17/h6-10,16,19H,4-5,11-15H2,1-3H3. The summed E-state index contributed by atoms with van der Waals surface area (Å²) in [5.74, 6) is 0. The molecule has 2 nitrogen and oxygen atoms in total. The number of piperidine rings is 1. The summed E-state index contributed by atoms with van der Waals surface area (Å²) in [6.07, 6.45) is 3.74. The molecule has 0 aliphatic carbocycles. The molecule has 0 radical (unpaired) electrons. The molecular formula is C18H30N2. The molecular weight excluding hydrogens is 244 g/mol. The van der Waals surface area contributed by atoms with Crippen molar-refractivity contribution in [2.24, 2.45) is 0 Å². The molecule has 0 aromatic heterocycles. The molecule has 0 saturated carbocycles. The molecule has 1 aromatic carbocycles. The lowest BCUT2D eigenvalue weighted by Crippen LogP contribution is -2.49. The quantitative estimate of drug-likeness (QED) is 0.855. The molecule has 1 aliphatic heterocycles. The Hall–Kier alpha value is -0.860. The molecule has 0 amide bonds. The number of nitrogens with one attached hydrogen (secondary N) is 1. The molecule has 1 aliphatic rings. The predicted octanol–water partition coefficient (Wildman–Crippen LogP) is 3.43. The van der Waals surface area contributed by atoms with Crippen LogP contribution in [0.3, 0.4) is 0 Å². The molecule has 112 valence electrons. The summed E-state index contributed by atoms with van der Waals surface area (Å²) in [5, 5.41) is 3.53. The first kappa shape index (κ1) is 15.5. The molecule has 1 heterocycles. The molecule has 1 unspecified atom stereocenters. The van der Waals surface area contributed by atoms with Crippen molar-refractivity contribution < 1.29 is 0 Å². The van der Waals surface area contributed by atoms with Gasteiger partial charge in [0.05, 0.1) is 0 Å². The summed E-state index contributed by atoms with van der Waals surface area (Å²) >= 11 is 0. The minimum absolute atomic E-state index is 0.339. The van der Waals surface area contributed by atoms with E-state index in [-0.39, 0.29) is 0 Å². The Kier molecular flexibility index (Phi) is 5.62. The Morgan fingerprint density at radius 3 is 2.35 bits per heavy atom. The number of likely N-dealkylation sites (N-methyl/N-ethyl adjacent to an activating group) is 1. The highest BCUT2D eigenvalue weighted by atomic mass is 15.2. The van der Waals surface area contributed by atoms with Crippen molar-refractivity contribution in [1.82, 2.24) is 10.2 Å². The molecule has 1 N–H and O–H groups in total. The topological polar surface area (TPSA) is 15.3 Å². The molecule has 1 aromatic rings. The van der Waals surface area contributed by atoms with E-state index in [2.05, 4.69) is 61.3 Å². The Morgan fingerprint density at radius 2 is 1.80 bits per heavy atom. The molecule has 1 saturated heterocycles. The Morgan fingerprint density at radius 1 is 1.15 bits per heavy atom. The van der Waals surface area contributed by atoms with Crippen LogP contribution in [0.4, 0.5) is 0 Å². The molecule has 2 heteroatoms. The zero-order valence-corrected chi connectivity index (χ0v) is 13.4. The van der Waals surface area contributed by atoms with E-state index in [0.29, 0.717) is 11.5 Å². The maximum atomic E-state index is 3.53. The first-order chi connectivity index (χ1) is 9.72. The van der Waals surface area contributed by atoms with Crippen LogP contribution in [0, 0.1) is 0 Å². The third-order valence-electron chi connectivity index (χ3n) is 5.07. The fraction of sp³-hybridized carbons (Fsp3) is 0.667. The third kappa shape index (κ3) is 3.42. The van der Waals surface area contributed by atoms with E-state index in [4.69, 9.17) is 0 Å². The zero-order chi connectivity index (χ0) is 14.4. The van der Waals surface area contributed by atoms with Gasteiger partial charge in [-0.2, -0.15) is 0 Å². The minimum Gasteiger partial charge on any atom is -0.317 e. The molecule has 0 bridgehead atoms. The van der Waals surface area contributed by atoms with Crippen LogP contribution in [-0.2, 0) is 5.41 Å². The highest BCUT2D eigenvalue weighted by molar-refractivity contribution is 5.27. The van der Waals surface area contributed by atoms with Crippen molar-refractivity contribution >= 4 is 0 Å².